The van der Waals surface area contributed by atoms with Gasteiger partial charge in [0.05, 0.1) is 15.5 Å². The van der Waals surface area contributed by atoms with Crippen LogP contribution in [0.5, 0.6) is 0 Å². The van der Waals surface area contributed by atoms with Gasteiger partial charge in [-0.1, -0.05) is 37.9 Å². The van der Waals surface area contributed by atoms with Crippen molar-refractivity contribution >= 4 is 17.3 Å². The highest BCUT2D eigenvalue weighted by atomic mass is 35.5. The second-order valence-electron chi connectivity index (χ2n) is 5.59. The molecule has 1 fully saturated rings. The first-order chi connectivity index (χ1) is 9.54. The molecule has 1 aromatic rings. The first kappa shape index (κ1) is 15.3. The predicted molar refractivity (Wildman–Crippen MR) is 80.9 cm³/mol. The molecule has 0 aromatic heterocycles. The van der Waals surface area contributed by atoms with E-state index in [1.54, 1.807) is 12.1 Å². The van der Waals surface area contributed by atoms with Gasteiger partial charge in [0.1, 0.15) is 0 Å². The van der Waals surface area contributed by atoms with E-state index in [0.717, 1.165) is 12.3 Å². The first-order valence-electron chi connectivity index (χ1n) is 7.19. The number of nitro benzene ring substituents is 1. The van der Waals surface area contributed by atoms with Crippen molar-refractivity contribution in [3.8, 4) is 0 Å². The minimum Gasteiger partial charge on any atom is -0.309 e. The van der Waals surface area contributed by atoms with Gasteiger partial charge in [-0.3, -0.25) is 10.1 Å². The molecular weight excluding hydrogens is 276 g/mol. The maximum Gasteiger partial charge on any atom is 0.275 e. The second kappa shape index (κ2) is 6.55. The monoisotopic (exact) mass is 296 g/mol. The van der Waals surface area contributed by atoms with Crippen molar-refractivity contribution in [2.24, 2.45) is 11.8 Å². The van der Waals surface area contributed by atoms with Crippen LogP contribution in [-0.2, 0) is 6.54 Å². The normalized spacial score (nSPS) is 25.9. The van der Waals surface area contributed by atoms with Crippen LogP contribution in [0, 0.1) is 22.0 Å². The van der Waals surface area contributed by atoms with Crippen LogP contribution >= 0.6 is 11.6 Å². The smallest absolute Gasteiger partial charge is 0.275 e. The number of nitrogens with zero attached hydrogens (tertiary/aromatic N) is 1. The SMILES string of the molecule is CCC1CCC(NCc2c(Cl)cccc2[N+](=O)[O-])C1C. The van der Waals surface area contributed by atoms with Crippen molar-refractivity contribution in [2.75, 3.05) is 0 Å². The number of hydrogen-bond donors (Lipinski definition) is 1. The summed E-state index contributed by atoms with van der Waals surface area (Å²) < 4.78 is 0. The van der Waals surface area contributed by atoms with Crippen molar-refractivity contribution < 1.29 is 4.92 Å². The van der Waals surface area contributed by atoms with E-state index >= 15 is 0 Å². The number of rotatable bonds is 5. The molecule has 5 heteroatoms. The lowest BCUT2D eigenvalue weighted by Crippen LogP contribution is -2.32. The Labute approximate surface area is 124 Å². The maximum atomic E-state index is 11.1. The highest BCUT2D eigenvalue weighted by Gasteiger charge is 2.31. The molecule has 3 atom stereocenters. The van der Waals surface area contributed by atoms with Gasteiger partial charge in [0.25, 0.3) is 5.69 Å². The van der Waals surface area contributed by atoms with Gasteiger partial charge in [0.2, 0.25) is 0 Å². The lowest BCUT2D eigenvalue weighted by atomic mass is 9.93. The molecule has 20 heavy (non-hydrogen) atoms. The fourth-order valence-electron chi connectivity index (χ4n) is 3.24. The molecule has 1 aliphatic carbocycles. The zero-order chi connectivity index (χ0) is 14.7. The third-order valence-corrected chi connectivity index (χ3v) is 4.94. The molecule has 0 spiro atoms. The Kier molecular flexibility index (Phi) is 5.00. The molecule has 0 aliphatic heterocycles. The maximum absolute atomic E-state index is 11.1. The van der Waals surface area contributed by atoms with Gasteiger partial charge >= 0.3 is 0 Å². The van der Waals surface area contributed by atoms with Crippen molar-refractivity contribution in [3.63, 3.8) is 0 Å². The fourth-order valence-corrected chi connectivity index (χ4v) is 3.47. The van der Waals surface area contributed by atoms with Crippen molar-refractivity contribution in [2.45, 2.75) is 45.7 Å². The van der Waals surface area contributed by atoms with Gasteiger partial charge in [0.15, 0.2) is 0 Å². The summed E-state index contributed by atoms with van der Waals surface area (Å²) in [6, 6.07) is 5.26. The van der Waals surface area contributed by atoms with Gasteiger partial charge < -0.3 is 5.32 Å². The minimum absolute atomic E-state index is 0.0997. The van der Waals surface area contributed by atoms with E-state index in [4.69, 9.17) is 11.6 Å². The summed E-state index contributed by atoms with van der Waals surface area (Å²) in [6.45, 7) is 4.95. The summed E-state index contributed by atoms with van der Waals surface area (Å²) in [5.41, 5.74) is 0.689. The molecule has 1 N–H and O–H groups in total. The fraction of sp³-hybridized carbons (Fsp3) is 0.600. The molecule has 0 bridgehead atoms. The molecule has 0 heterocycles. The van der Waals surface area contributed by atoms with Crippen LogP contribution in [0.3, 0.4) is 0 Å². The van der Waals surface area contributed by atoms with E-state index in [1.807, 2.05) is 0 Å². The Balaban J connectivity index is 2.06. The van der Waals surface area contributed by atoms with Crippen LogP contribution in [0.1, 0.15) is 38.7 Å². The third-order valence-electron chi connectivity index (χ3n) is 4.58. The van der Waals surface area contributed by atoms with Crippen LogP contribution in [0.15, 0.2) is 18.2 Å². The molecule has 0 saturated heterocycles. The number of nitro groups is 1. The Morgan fingerprint density at radius 2 is 2.20 bits per heavy atom. The summed E-state index contributed by atoms with van der Waals surface area (Å²) in [4.78, 5) is 10.7. The van der Waals surface area contributed by atoms with E-state index in [2.05, 4.69) is 19.2 Å². The molecule has 1 saturated carbocycles. The highest BCUT2D eigenvalue weighted by Crippen LogP contribution is 2.34. The third kappa shape index (κ3) is 3.13. The lowest BCUT2D eigenvalue weighted by molar-refractivity contribution is -0.385. The van der Waals surface area contributed by atoms with Crippen molar-refractivity contribution in [3.05, 3.63) is 38.9 Å². The largest absolute Gasteiger partial charge is 0.309 e. The van der Waals surface area contributed by atoms with E-state index < -0.39 is 0 Å². The van der Waals surface area contributed by atoms with Gasteiger partial charge in [0, 0.05) is 18.7 Å². The summed E-state index contributed by atoms with van der Waals surface area (Å²) in [7, 11) is 0. The van der Waals surface area contributed by atoms with Gasteiger partial charge in [-0.25, -0.2) is 0 Å². The Morgan fingerprint density at radius 1 is 1.45 bits per heavy atom. The minimum atomic E-state index is -0.365. The standard InChI is InChI=1S/C15H21ClN2O2/c1-3-11-7-8-14(10(11)2)17-9-12-13(16)5-4-6-15(12)18(19)20/h4-6,10-11,14,17H,3,7-9H2,1-2H3. The lowest BCUT2D eigenvalue weighted by Gasteiger charge is -2.21. The van der Waals surface area contributed by atoms with E-state index in [-0.39, 0.29) is 10.6 Å². The van der Waals surface area contributed by atoms with E-state index in [9.17, 15) is 10.1 Å². The molecule has 4 nitrogen and oxygen atoms in total. The molecule has 1 aromatic carbocycles. The van der Waals surface area contributed by atoms with Crippen molar-refractivity contribution in [1.29, 1.82) is 0 Å². The molecule has 0 radical (unpaired) electrons. The quantitative estimate of drug-likeness (QED) is 0.655. The Hall–Kier alpha value is -1.13. The van der Waals surface area contributed by atoms with E-state index in [0.29, 0.717) is 29.1 Å². The highest BCUT2D eigenvalue weighted by molar-refractivity contribution is 6.31. The molecule has 1 aliphatic rings. The molecule has 110 valence electrons. The summed E-state index contributed by atoms with van der Waals surface area (Å²) >= 11 is 6.11. The Bertz CT molecular complexity index is 493. The van der Waals surface area contributed by atoms with Crippen LogP contribution in [0.25, 0.3) is 0 Å². The summed E-state index contributed by atoms with van der Waals surface area (Å²) in [5, 5.41) is 15.0. The number of nitrogens with one attached hydrogen (secondary N) is 1. The molecule has 2 rings (SSSR count). The zero-order valence-electron chi connectivity index (χ0n) is 11.9. The van der Waals surface area contributed by atoms with Crippen molar-refractivity contribution in [1.82, 2.24) is 5.32 Å². The van der Waals surface area contributed by atoms with E-state index in [1.165, 1.54) is 18.9 Å². The number of benzene rings is 1. The predicted octanol–water partition coefficient (Wildman–Crippen LogP) is 4.16. The molecule has 3 unspecified atom stereocenters. The Morgan fingerprint density at radius 3 is 2.80 bits per heavy atom. The number of halogens is 1. The van der Waals surface area contributed by atoms with Crippen LogP contribution in [0.4, 0.5) is 5.69 Å². The first-order valence-corrected chi connectivity index (χ1v) is 7.57. The van der Waals surface area contributed by atoms with Crippen LogP contribution in [-0.4, -0.2) is 11.0 Å². The molecular formula is C15H21ClN2O2. The second-order valence-corrected chi connectivity index (χ2v) is 5.99. The van der Waals surface area contributed by atoms with Gasteiger partial charge in [-0.15, -0.1) is 0 Å². The topological polar surface area (TPSA) is 55.2 Å². The average molecular weight is 297 g/mol. The number of hydrogen-bond acceptors (Lipinski definition) is 3. The summed E-state index contributed by atoms with van der Waals surface area (Å²) in [5.74, 6) is 1.37. The van der Waals surface area contributed by atoms with Gasteiger partial charge in [-0.05, 0) is 30.7 Å². The van der Waals surface area contributed by atoms with Gasteiger partial charge in [-0.2, -0.15) is 0 Å². The van der Waals surface area contributed by atoms with Crippen LogP contribution < -0.4 is 5.32 Å². The molecule has 0 amide bonds. The zero-order valence-corrected chi connectivity index (χ0v) is 12.7. The average Bonchev–Trinajstić information content (AvgIpc) is 2.77. The van der Waals surface area contributed by atoms with Crippen LogP contribution in [0.2, 0.25) is 5.02 Å². The summed E-state index contributed by atoms with van der Waals surface area (Å²) in [6.07, 6.45) is 3.57.